The molecule has 0 saturated heterocycles. The molecule has 0 bridgehead atoms. The number of benzene rings is 1. The monoisotopic (exact) mass is 436 g/mol. The summed E-state index contributed by atoms with van der Waals surface area (Å²) in [5.41, 5.74) is 0.466. The minimum atomic E-state index is -0.405. The number of hydrogen-bond acceptors (Lipinski definition) is 7. The van der Waals surface area contributed by atoms with Gasteiger partial charge in [0.2, 0.25) is 0 Å². The zero-order chi connectivity index (χ0) is 21.8. The van der Waals surface area contributed by atoms with Crippen molar-refractivity contribution in [2.24, 2.45) is 0 Å². The molecule has 0 aliphatic heterocycles. The smallest absolute Gasteiger partial charge is 0.287 e. The molecule has 3 aromatic heterocycles. The largest absolute Gasteiger partial charge is 0.459 e. The minimum absolute atomic E-state index is 0.177. The van der Waals surface area contributed by atoms with E-state index in [1.165, 1.54) is 18.0 Å². The lowest BCUT2D eigenvalue weighted by molar-refractivity contribution is 0.0909. The van der Waals surface area contributed by atoms with E-state index in [2.05, 4.69) is 32.1 Å². The number of nitrogens with one attached hydrogen (secondary N) is 2. The fourth-order valence-corrected chi connectivity index (χ4v) is 3.93. The molecule has 2 N–H and O–H groups in total. The van der Waals surface area contributed by atoms with Gasteiger partial charge >= 0.3 is 0 Å². The van der Waals surface area contributed by atoms with Gasteiger partial charge in [0.1, 0.15) is 5.82 Å². The molecule has 31 heavy (non-hydrogen) atoms. The van der Waals surface area contributed by atoms with Gasteiger partial charge in [-0.1, -0.05) is 30.0 Å². The molecular weight excluding hydrogens is 416 g/mol. The van der Waals surface area contributed by atoms with E-state index >= 15 is 0 Å². The lowest BCUT2D eigenvalue weighted by Gasteiger charge is -2.14. The second-order valence-electron chi connectivity index (χ2n) is 6.73. The summed E-state index contributed by atoms with van der Waals surface area (Å²) in [5, 5.41) is 12.5. The number of allylic oxidation sites excluding steroid dienone is 1. The second-order valence-corrected chi connectivity index (χ2v) is 7.67. The molecule has 0 fully saturated rings. The third-order valence-corrected chi connectivity index (χ3v) is 5.51. The fourth-order valence-electron chi connectivity index (χ4n) is 3.10. The number of nitrogens with zero attached hydrogens (tertiary/aromatic N) is 4. The van der Waals surface area contributed by atoms with Crippen molar-refractivity contribution in [3.05, 3.63) is 83.1 Å². The van der Waals surface area contributed by atoms with E-state index in [-0.39, 0.29) is 17.2 Å². The average Bonchev–Trinajstić information content (AvgIpc) is 3.43. The van der Waals surface area contributed by atoms with Crippen molar-refractivity contribution in [2.75, 3.05) is 0 Å². The van der Waals surface area contributed by atoms with Crippen molar-refractivity contribution >= 4 is 28.6 Å². The van der Waals surface area contributed by atoms with Crippen molar-refractivity contribution in [1.82, 2.24) is 30.0 Å². The lowest BCUT2D eigenvalue weighted by Crippen LogP contribution is -2.28. The van der Waals surface area contributed by atoms with Crippen LogP contribution in [0.1, 0.15) is 35.2 Å². The summed E-state index contributed by atoms with van der Waals surface area (Å²) >= 11 is 1.39. The maximum absolute atomic E-state index is 12.3. The fraction of sp³-hybridized carbons (Fsp3) is 0.190. The van der Waals surface area contributed by atoms with Crippen LogP contribution < -0.4 is 10.9 Å². The van der Waals surface area contributed by atoms with E-state index in [1.54, 1.807) is 36.4 Å². The number of H-pyrrole nitrogens is 1. The van der Waals surface area contributed by atoms with Gasteiger partial charge in [0.25, 0.3) is 11.5 Å². The molecule has 0 aliphatic carbocycles. The molecule has 3 heterocycles. The highest BCUT2D eigenvalue weighted by Crippen LogP contribution is 2.23. The van der Waals surface area contributed by atoms with Crippen molar-refractivity contribution in [2.45, 2.75) is 30.4 Å². The Balaban J connectivity index is 1.52. The summed E-state index contributed by atoms with van der Waals surface area (Å²) in [6.07, 6.45) is 3.17. The van der Waals surface area contributed by atoms with Crippen LogP contribution in [0.25, 0.3) is 10.9 Å². The summed E-state index contributed by atoms with van der Waals surface area (Å²) in [6.45, 7) is 6.08. The maximum Gasteiger partial charge on any atom is 0.287 e. The summed E-state index contributed by atoms with van der Waals surface area (Å²) in [5.74, 6) is 1.42. The van der Waals surface area contributed by atoms with Gasteiger partial charge < -0.3 is 19.3 Å². The van der Waals surface area contributed by atoms with Gasteiger partial charge in [0.05, 0.1) is 29.0 Å². The number of aromatic nitrogens is 5. The van der Waals surface area contributed by atoms with Crippen molar-refractivity contribution < 1.29 is 9.21 Å². The maximum atomic E-state index is 12.3. The summed E-state index contributed by atoms with van der Waals surface area (Å²) in [6, 6.07) is 10.0. The van der Waals surface area contributed by atoms with Crippen molar-refractivity contribution in [1.29, 1.82) is 0 Å². The third kappa shape index (κ3) is 4.43. The normalized spacial score (nSPS) is 12.0. The van der Waals surface area contributed by atoms with Crippen LogP contribution in [0, 0.1) is 0 Å². The summed E-state index contributed by atoms with van der Waals surface area (Å²) < 4.78 is 7.00. The lowest BCUT2D eigenvalue weighted by atomic mass is 10.2. The van der Waals surface area contributed by atoms with Gasteiger partial charge in [0.15, 0.2) is 16.7 Å². The first-order valence-corrected chi connectivity index (χ1v) is 10.5. The molecule has 4 aromatic rings. The van der Waals surface area contributed by atoms with E-state index in [4.69, 9.17) is 4.42 Å². The Morgan fingerprint density at radius 1 is 1.32 bits per heavy atom. The molecule has 1 aromatic carbocycles. The Morgan fingerprint density at radius 3 is 2.94 bits per heavy atom. The number of hydrogen-bond donors (Lipinski definition) is 2. The van der Waals surface area contributed by atoms with Gasteiger partial charge in [-0.15, -0.1) is 16.8 Å². The molecule has 1 atom stereocenters. The molecule has 9 nitrogen and oxygen atoms in total. The van der Waals surface area contributed by atoms with E-state index in [0.717, 1.165) is 0 Å². The Labute approximate surface area is 181 Å². The minimum Gasteiger partial charge on any atom is -0.459 e. The number of carbonyl (C=O) groups is 1. The highest BCUT2D eigenvalue weighted by molar-refractivity contribution is 7.98. The van der Waals surface area contributed by atoms with Crippen LogP contribution in [0.15, 0.2) is 69.7 Å². The quantitative estimate of drug-likeness (QED) is 0.322. The summed E-state index contributed by atoms with van der Waals surface area (Å²) in [4.78, 5) is 31.9. The van der Waals surface area contributed by atoms with E-state index < -0.39 is 6.04 Å². The van der Waals surface area contributed by atoms with Crippen LogP contribution in [0.2, 0.25) is 0 Å². The number of furan rings is 1. The second kappa shape index (κ2) is 9.00. The number of fused-ring (bicyclic) bond motifs is 1. The standard InChI is InChI=1S/C21H20N6O3S/c1-3-10-27-18(13(2)22-20(29)16-9-6-11-30-16)25-26-21(27)31-12-17-23-15-8-5-4-7-14(15)19(28)24-17/h3-9,11,13H,1,10,12H2,2H3,(H,22,29)(H,23,24,28)/t13-/m0/s1. The van der Waals surface area contributed by atoms with Gasteiger partial charge in [-0.3, -0.25) is 9.59 Å². The van der Waals surface area contributed by atoms with E-state index in [0.29, 0.717) is 40.0 Å². The first-order valence-electron chi connectivity index (χ1n) is 9.56. The molecule has 0 radical (unpaired) electrons. The number of para-hydroxylation sites is 1. The van der Waals surface area contributed by atoms with E-state index in [1.807, 2.05) is 17.6 Å². The molecule has 0 unspecified atom stereocenters. The first kappa shape index (κ1) is 20.6. The number of aromatic amines is 1. The van der Waals surface area contributed by atoms with Gasteiger partial charge in [-0.2, -0.15) is 0 Å². The number of amides is 1. The van der Waals surface area contributed by atoms with Crippen LogP contribution in [0.4, 0.5) is 0 Å². The molecular formula is C21H20N6O3S. The van der Waals surface area contributed by atoms with Crippen LogP contribution in [0.5, 0.6) is 0 Å². The Hall–Kier alpha value is -3.66. The number of rotatable bonds is 8. The van der Waals surface area contributed by atoms with Crippen molar-refractivity contribution in [3.8, 4) is 0 Å². The molecule has 158 valence electrons. The first-order chi connectivity index (χ1) is 15.1. The molecule has 0 spiro atoms. The van der Waals surface area contributed by atoms with Crippen LogP contribution in [0.3, 0.4) is 0 Å². The highest BCUT2D eigenvalue weighted by atomic mass is 32.2. The number of thioether (sulfide) groups is 1. The van der Waals surface area contributed by atoms with Crippen LogP contribution >= 0.6 is 11.8 Å². The Morgan fingerprint density at radius 2 is 2.16 bits per heavy atom. The number of carbonyl (C=O) groups excluding carboxylic acids is 1. The molecule has 0 aliphatic rings. The Bertz CT molecular complexity index is 1280. The van der Waals surface area contributed by atoms with Gasteiger partial charge in [-0.25, -0.2) is 4.98 Å². The predicted octanol–water partition coefficient (Wildman–Crippen LogP) is 3.08. The van der Waals surface area contributed by atoms with Crippen molar-refractivity contribution in [3.63, 3.8) is 0 Å². The average molecular weight is 436 g/mol. The third-order valence-electron chi connectivity index (χ3n) is 4.54. The molecule has 4 rings (SSSR count). The van der Waals surface area contributed by atoms with Gasteiger partial charge in [-0.05, 0) is 31.2 Å². The molecule has 10 heteroatoms. The Kier molecular flexibility index (Phi) is 5.99. The highest BCUT2D eigenvalue weighted by Gasteiger charge is 2.21. The summed E-state index contributed by atoms with van der Waals surface area (Å²) in [7, 11) is 0. The van der Waals surface area contributed by atoms with Crippen LogP contribution in [-0.2, 0) is 12.3 Å². The van der Waals surface area contributed by atoms with Gasteiger partial charge in [0, 0.05) is 6.54 Å². The zero-order valence-corrected chi connectivity index (χ0v) is 17.6. The SMILES string of the molecule is C=CCn1c(SCc2nc3ccccc3c(=O)[nH]2)nnc1[C@H](C)NC(=O)c1ccco1. The predicted molar refractivity (Wildman–Crippen MR) is 117 cm³/mol. The molecule has 1 amide bonds. The van der Waals surface area contributed by atoms with E-state index in [9.17, 15) is 9.59 Å². The topological polar surface area (TPSA) is 119 Å². The zero-order valence-electron chi connectivity index (χ0n) is 16.7. The molecule has 0 saturated carbocycles. The van der Waals surface area contributed by atoms with Crippen LogP contribution in [-0.4, -0.2) is 30.6 Å².